The molecule has 2 aromatic rings. The van der Waals surface area contributed by atoms with Gasteiger partial charge >= 0.3 is 5.97 Å². The number of carboxylic acids is 1. The Morgan fingerprint density at radius 3 is 2.71 bits per heavy atom. The number of aromatic carboxylic acids is 1. The highest BCUT2D eigenvalue weighted by atomic mass is 16.4. The Kier molecular flexibility index (Phi) is 4.08. The molecule has 0 aliphatic rings. The summed E-state index contributed by atoms with van der Waals surface area (Å²) in [5.41, 5.74) is 1.49. The first kappa shape index (κ1) is 14.0. The minimum Gasteiger partial charge on any atom is -0.478 e. The van der Waals surface area contributed by atoms with Gasteiger partial charge in [-0.1, -0.05) is 0 Å². The topological polar surface area (TPSA) is 123 Å². The number of nitrogens with zero attached hydrogens (tertiary/aromatic N) is 4. The van der Waals surface area contributed by atoms with Gasteiger partial charge in [-0.3, -0.25) is 0 Å². The normalized spacial score (nSPS) is 9.43. The van der Waals surface area contributed by atoms with Crippen molar-refractivity contribution in [3.63, 3.8) is 0 Å². The van der Waals surface area contributed by atoms with E-state index in [-0.39, 0.29) is 23.2 Å². The van der Waals surface area contributed by atoms with Crippen LogP contribution >= 0.6 is 0 Å². The zero-order valence-corrected chi connectivity index (χ0v) is 10.7. The molecule has 0 bridgehead atoms. The first-order valence-electron chi connectivity index (χ1n) is 5.86. The van der Waals surface area contributed by atoms with Gasteiger partial charge < -0.3 is 10.4 Å². The van der Waals surface area contributed by atoms with Gasteiger partial charge in [0.25, 0.3) is 0 Å². The van der Waals surface area contributed by atoms with Gasteiger partial charge in [0, 0.05) is 11.9 Å². The van der Waals surface area contributed by atoms with Crippen molar-refractivity contribution < 1.29 is 9.90 Å². The molecule has 2 rings (SSSR count). The summed E-state index contributed by atoms with van der Waals surface area (Å²) < 4.78 is 0. The number of rotatable bonds is 4. The average molecular weight is 279 g/mol. The monoisotopic (exact) mass is 279 g/mol. The van der Waals surface area contributed by atoms with E-state index in [0.29, 0.717) is 11.4 Å². The average Bonchev–Trinajstić information content (AvgIpc) is 2.52. The van der Waals surface area contributed by atoms with Crippen LogP contribution in [0.3, 0.4) is 0 Å². The molecule has 0 unspecified atom stereocenters. The highest BCUT2D eigenvalue weighted by molar-refractivity contribution is 5.88. The van der Waals surface area contributed by atoms with Crippen molar-refractivity contribution in [3.05, 3.63) is 53.1 Å². The van der Waals surface area contributed by atoms with Gasteiger partial charge in [0.2, 0.25) is 0 Å². The molecule has 102 valence electrons. The fourth-order valence-corrected chi connectivity index (χ4v) is 1.70. The van der Waals surface area contributed by atoms with E-state index >= 15 is 0 Å². The Labute approximate surface area is 120 Å². The first-order valence-corrected chi connectivity index (χ1v) is 5.86. The molecule has 1 heterocycles. The Balaban J connectivity index is 2.20. The third kappa shape index (κ3) is 3.11. The Morgan fingerprint density at radius 1 is 1.29 bits per heavy atom. The lowest BCUT2D eigenvalue weighted by atomic mass is 10.1. The predicted octanol–water partition coefficient (Wildman–Crippen LogP) is 1.53. The summed E-state index contributed by atoms with van der Waals surface area (Å²) in [4.78, 5) is 18.6. The Hall–Kier alpha value is -3.45. The van der Waals surface area contributed by atoms with Gasteiger partial charge in [-0.05, 0) is 18.2 Å². The van der Waals surface area contributed by atoms with E-state index < -0.39 is 5.97 Å². The summed E-state index contributed by atoms with van der Waals surface area (Å²) in [5, 5.41) is 29.8. The summed E-state index contributed by atoms with van der Waals surface area (Å²) in [5.74, 6) is -1.11. The quantitative estimate of drug-likeness (QED) is 0.869. The number of aromatic nitrogens is 2. The summed E-state index contributed by atoms with van der Waals surface area (Å²) in [6.45, 7) is 0.168. The molecule has 0 saturated carbocycles. The predicted molar refractivity (Wildman–Crippen MR) is 72.2 cm³/mol. The molecule has 0 saturated heterocycles. The molecule has 2 N–H and O–H groups in total. The van der Waals surface area contributed by atoms with Crippen LogP contribution in [0.5, 0.6) is 0 Å². The van der Waals surface area contributed by atoms with Gasteiger partial charge in [0.15, 0.2) is 0 Å². The number of nitriles is 2. The van der Waals surface area contributed by atoms with Crippen LogP contribution in [0.25, 0.3) is 0 Å². The standard InChI is InChI=1S/C14H9N5O2/c15-4-9-1-2-11(3-10(9)5-16)18-7-13-12(14(20)21)6-17-8-19-13/h1-3,6,8,18H,7H2,(H,20,21). The highest BCUT2D eigenvalue weighted by Crippen LogP contribution is 2.16. The maximum absolute atomic E-state index is 11.0. The number of anilines is 1. The van der Waals surface area contributed by atoms with Crippen molar-refractivity contribution in [1.82, 2.24) is 9.97 Å². The van der Waals surface area contributed by atoms with E-state index in [1.54, 1.807) is 6.07 Å². The molecule has 0 aliphatic heterocycles. The molecule has 0 radical (unpaired) electrons. The van der Waals surface area contributed by atoms with Gasteiger partial charge in [0.1, 0.15) is 24.0 Å². The van der Waals surface area contributed by atoms with E-state index in [1.807, 2.05) is 12.1 Å². The molecular formula is C14H9N5O2. The van der Waals surface area contributed by atoms with Crippen molar-refractivity contribution in [2.75, 3.05) is 5.32 Å². The third-order valence-corrected chi connectivity index (χ3v) is 2.75. The van der Waals surface area contributed by atoms with Gasteiger partial charge in [0.05, 0.1) is 23.4 Å². The lowest BCUT2D eigenvalue weighted by Crippen LogP contribution is -2.10. The number of nitrogens with one attached hydrogen (secondary N) is 1. The highest BCUT2D eigenvalue weighted by Gasteiger charge is 2.11. The Bertz CT molecular complexity index is 774. The van der Waals surface area contributed by atoms with E-state index in [1.165, 1.54) is 24.7 Å². The third-order valence-electron chi connectivity index (χ3n) is 2.75. The van der Waals surface area contributed by atoms with E-state index in [4.69, 9.17) is 15.6 Å². The maximum Gasteiger partial charge on any atom is 0.339 e. The molecule has 1 aromatic heterocycles. The molecule has 1 aromatic carbocycles. The van der Waals surface area contributed by atoms with Crippen molar-refractivity contribution in [2.45, 2.75) is 6.54 Å². The molecule has 0 amide bonds. The smallest absolute Gasteiger partial charge is 0.339 e. The fraction of sp³-hybridized carbons (Fsp3) is 0.0714. The lowest BCUT2D eigenvalue weighted by Gasteiger charge is -2.08. The summed E-state index contributed by atoms with van der Waals surface area (Å²) in [6, 6.07) is 8.55. The number of hydrogen-bond acceptors (Lipinski definition) is 6. The largest absolute Gasteiger partial charge is 0.478 e. The van der Waals surface area contributed by atoms with E-state index in [9.17, 15) is 4.79 Å². The van der Waals surface area contributed by atoms with Gasteiger partial charge in [-0.15, -0.1) is 0 Å². The van der Waals surface area contributed by atoms with Gasteiger partial charge in [-0.25, -0.2) is 14.8 Å². The summed E-state index contributed by atoms with van der Waals surface area (Å²) in [6.07, 6.45) is 2.49. The van der Waals surface area contributed by atoms with Crippen LogP contribution in [0.15, 0.2) is 30.7 Å². The van der Waals surface area contributed by atoms with Crippen molar-refractivity contribution in [2.24, 2.45) is 0 Å². The second kappa shape index (κ2) is 6.13. The summed E-state index contributed by atoms with van der Waals surface area (Å²) in [7, 11) is 0. The van der Waals surface area contributed by atoms with Crippen LogP contribution in [-0.2, 0) is 6.54 Å². The van der Waals surface area contributed by atoms with Crippen LogP contribution in [-0.4, -0.2) is 21.0 Å². The first-order chi connectivity index (χ1) is 10.2. The van der Waals surface area contributed by atoms with Crippen LogP contribution in [0.2, 0.25) is 0 Å². The second-order valence-corrected chi connectivity index (χ2v) is 4.03. The molecule has 0 spiro atoms. The van der Waals surface area contributed by atoms with Crippen LogP contribution in [0.4, 0.5) is 5.69 Å². The zero-order valence-electron chi connectivity index (χ0n) is 10.7. The maximum atomic E-state index is 11.0. The molecule has 0 aliphatic carbocycles. The second-order valence-electron chi connectivity index (χ2n) is 4.03. The molecular weight excluding hydrogens is 270 g/mol. The van der Waals surface area contributed by atoms with Crippen molar-refractivity contribution in [1.29, 1.82) is 10.5 Å². The number of carboxylic acid groups (broad SMARTS) is 1. The SMILES string of the molecule is N#Cc1ccc(NCc2ncncc2C(=O)O)cc1C#N. The van der Waals surface area contributed by atoms with E-state index in [2.05, 4.69) is 15.3 Å². The number of carbonyl (C=O) groups is 1. The number of benzene rings is 1. The van der Waals surface area contributed by atoms with Crippen LogP contribution in [0, 0.1) is 22.7 Å². The zero-order chi connectivity index (χ0) is 15.2. The minimum absolute atomic E-state index is 0.0131. The fourth-order valence-electron chi connectivity index (χ4n) is 1.70. The van der Waals surface area contributed by atoms with Crippen molar-refractivity contribution in [3.8, 4) is 12.1 Å². The Morgan fingerprint density at radius 2 is 2.05 bits per heavy atom. The molecule has 0 atom stereocenters. The van der Waals surface area contributed by atoms with E-state index in [0.717, 1.165) is 0 Å². The van der Waals surface area contributed by atoms with Gasteiger partial charge in [-0.2, -0.15) is 10.5 Å². The molecule has 7 heteroatoms. The van der Waals surface area contributed by atoms with Crippen molar-refractivity contribution >= 4 is 11.7 Å². The molecule has 7 nitrogen and oxygen atoms in total. The summed E-state index contributed by atoms with van der Waals surface area (Å²) >= 11 is 0. The van der Waals surface area contributed by atoms with Crippen LogP contribution in [0.1, 0.15) is 27.2 Å². The van der Waals surface area contributed by atoms with Crippen LogP contribution < -0.4 is 5.32 Å². The lowest BCUT2D eigenvalue weighted by molar-refractivity contribution is 0.0694. The molecule has 0 fully saturated rings. The molecule has 21 heavy (non-hydrogen) atoms. The minimum atomic E-state index is -1.11. The number of hydrogen-bond donors (Lipinski definition) is 2.